The molecule has 0 saturated heterocycles. The summed E-state index contributed by atoms with van der Waals surface area (Å²) in [5.74, 6) is 0.549. The molecular weight excluding hydrogens is 302 g/mol. The van der Waals surface area contributed by atoms with E-state index in [1.807, 2.05) is 12.1 Å². The van der Waals surface area contributed by atoms with Crippen LogP contribution in [0.2, 0.25) is 5.02 Å². The van der Waals surface area contributed by atoms with Gasteiger partial charge in [0.2, 0.25) is 0 Å². The van der Waals surface area contributed by atoms with Crippen LogP contribution in [-0.4, -0.2) is 21.7 Å². The number of benzene rings is 1. The van der Waals surface area contributed by atoms with Gasteiger partial charge in [-0.15, -0.1) is 0 Å². The first-order valence-corrected chi connectivity index (χ1v) is 7.81. The van der Waals surface area contributed by atoms with Crippen LogP contribution in [0.1, 0.15) is 36.2 Å². The average molecular weight is 320 g/mol. The molecule has 0 radical (unpaired) electrons. The Balaban J connectivity index is 1.55. The summed E-state index contributed by atoms with van der Waals surface area (Å²) in [5, 5.41) is 7.87. The van der Waals surface area contributed by atoms with E-state index in [1.54, 1.807) is 29.1 Å². The van der Waals surface area contributed by atoms with E-state index < -0.39 is 0 Å². The quantitative estimate of drug-likeness (QED) is 0.920. The number of ether oxygens (including phenoxy) is 1. The molecule has 5 nitrogen and oxygen atoms in total. The fraction of sp³-hybridized carbons (Fsp3) is 0.375. The number of hydrogen-bond acceptors (Lipinski definition) is 3. The van der Waals surface area contributed by atoms with Gasteiger partial charge in [0, 0.05) is 17.3 Å². The van der Waals surface area contributed by atoms with E-state index in [4.69, 9.17) is 16.3 Å². The highest BCUT2D eigenvalue weighted by Crippen LogP contribution is 2.18. The molecule has 0 bridgehead atoms. The molecule has 1 heterocycles. The van der Waals surface area contributed by atoms with Gasteiger partial charge in [0.05, 0.1) is 0 Å². The van der Waals surface area contributed by atoms with Crippen molar-refractivity contribution in [2.75, 3.05) is 0 Å². The van der Waals surface area contributed by atoms with Gasteiger partial charge in [-0.1, -0.05) is 30.5 Å². The van der Waals surface area contributed by atoms with Crippen LogP contribution in [0.5, 0.6) is 5.75 Å². The smallest absolute Gasteiger partial charge is 0.271 e. The van der Waals surface area contributed by atoms with Crippen molar-refractivity contribution in [3.63, 3.8) is 0 Å². The van der Waals surface area contributed by atoms with E-state index in [1.165, 1.54) is 12.8 Å². The molecule has 1 amide bonds. The van der Waals surface area contributed by atoms with Crippen molar-refractivity contribution in [2.24, 2.45) is 0 Å². The Morgan fingerprint density at radius 2 is 2.18 bits per heavy atom. The van der Waals surface area contributed by atoms with Crippen LogP contribution in [0.3, 0.4) is 0 Å². The monoisotopic (exact) mass is 319 g/mol. The van der Waals surface area contributed by atoms with Crippen molar-refractivity contribution in [3.05, 3.63) is 47.2 Å². The first-order valence-electron chi connectivity index (χ1n) is 7.43. The molecule has 0 unspecified atom stereocenters. The van der Waals surface area contributed by atoms with Gasteiger partial charge in [0.15, 0.2) is 6.73 Å². The maximum absolute atomic E-state index is 12.1. The second kappa shape index (κ2) is 6.83. The molecule has 1 aliphatic carbocycles. The Hall–Kier alpha value is -2.01. The largest absolute Gasteiger partial charge is 0.471 e. The lowest BCUT2D eigenvalue weighted by molar-refractivity contribution is 0.0930. The van der Waals surface area contributed by atoms with Crippen molar-refractivity contribution in [1.29, 1.82) is 0 Å². The van der Waals surface area contributed by atoms with Gasteiger partial charge in [0.25, 0.3) is 5.91 Å². The number of halogens is 1. The molecule has 1 aromatic heterocycles. The Kier molecular flexibility index (Phi) is 4.63. The van der Waals surface area contributed by atoms with Gasteiger partial charge in [-0.05, 0) is 37.1 Å². The number of nitrogens with zero attached hydrogens (tertiary/aromatic N) is 2. The lowest BCUT2D eigenvalue weighted by Gasteiger charge is -2.10. The molecule has 1 saturated carbocycles. The summed E-state index contributed by atoms with van der Waals surface area (Å²) in [6.07, 6.45) is 6.22. The number of hydrogen-bond donors (Lipinski definition) is 1. The molecule has 1 aliphatic rings. The first kappa shape index (κ1) is 14.9. The molecule has 0 spiro atoms. The van der Waals surface area contributed by atoms with Crippen molar-refractivity contribution in [1.82, 2.24) is 15.1 Å². The van der Waals surface area contributed by atoms with Gasteiger partial charge < -0.3 is 10.1 Å². The van der Waals surface area contributed by atoms with Gasteiger partial charge in [-0.25, -0.2) is 4.68 Å². The zero-order chi connectivity index (χ0) is 15.4. The molecule has 22 heavy (non-hydrogen) atoms. The van der Waals surface area contributed by atoms with Crippen molar-refractivity contribution < 1.29 is 9.53 Å². The van der Waals surface area contributed by atoms with Crippen LogP contribution in [0.4, 0.5) is 0 Å². The van der Waals surface area contributed by atoms with E-state index >= 15 is 0 Å². The molecule has 6 heteroatoms. The number of carbonyl (C=O) groups is 1. The minimum Gasteiger partial charge on any atom is -0.471 e. The van der Waals surface area contributed by atoms with Gasteiger partial charge >= 0.3 is 0 Å². The summed E-state index contributed by atoms with van der Waals surface area (Å²) in [6.45, 7) is 0.233. The summed E-state index contributed by atoms with van der Waals surface area (Å²) < 4.78 is 7.17. The Bertz CT molecular complexity index is 650. The summed E-state index contributed by atoms with van der Waals surface area (Å²) in [6, 6.07) is 9.16. The van der Waals surface area contributed by atoms with Crippen LogP contribution < -0.4 is 10.1 Å². The highest BCUT2D eigenvalue weighted by Gasteiger charge is 2.19. The number of amides is 1. The molecule has 0 atom stereocenters. The zero-order valence-corrected chi connectivity index (χ0v) is 12.9. The Morgan fingerprint density at radius 3 is 2.95 bits per heavy atom. The molecule has 1 fully saturated rings. The topological polar surface area (TPSA) is 56.2 Å². The van der Waals surface area contributed by atoms with Gasteiger partial charge in [-0.3, -0.25) is 4.79 Å². The number of nitrogens with one attached hydrogen (secondary N) is 1. The molecule has 116 valence electrons. The normalized spacial score (nSPS) is 15.0. The number of carbonyl (C=O) groups excluding carboxylic acids is 1. The third-order valence-electron chi connectivity index (χ3n) is 3.72. The van der Waals surface area contributed by atoms with E-state index in [0.717, 1.165) is 12.8 Å². The maximum atomic E-state index is 12.1. The van der Waals surface area contributed by atoms with E-state index in [-0.39, 0.29) is 12.6 Å². The van der Waals surface area contributed by atoms with Crippen LogP contribution in [0.25, 0.3) is 0 Å². The minimum atomic E-state index is -0.117. The maximum Gasteiger partial charge on any atom is 0.271 e. The van der Waals surface area contributed by atoms with E-state index in [2.05, 4.69) is 10.4 Å². The predicted molar refractivity (Wildman–Crippen MR) is 84.0 cm³/mol. The summed E-state index contributed by atoms with van der Waals surface area (Å²) in [4.78, 5) is 12.1. The minimum absolute atomic E-state index is 0.117. The molecule has 2 aromatic rings. The molecule has 1 aromatic carbocycles. The molecule has 1 N–H and O–H groups in total. The lowest BCUT2D eigenvalue weighted by atomic mass is 10.2. The number of aromatic nitrogens is 2. The van der Waals surface area contributed by atoms with Crippen molar-refractivity contribution in [3.8, 4) is 5.75 Å². The van der Waals surface area contributed by atoms with Crippen LogP contribution in [0, 0.1) is 0 Å². The van der Waals surface area contributed by atoms with Crippen LogP contribution in [-0.2, 0) is 6.73 Å². The van der Waals surface area contributed by atoms with E-state index in [9.17, 15) is 4.79 Å². The molecular formula is C16H18ClN3O2. The predicted octanol–water partition coefficient (Wildman–Crippen LogP) is 3.25. The van der Waals surface area contributed by atoms with Gasteiger partial charge in [-0.2, -0.15) is 5.10 Å². The van der Waals surface area contributed by atoms with Gasteiger partial charge in [0.1, 0.15) is 11.4 Å². The average Bonchev–Trinajstić information content (AvgIpc) is 3.16. The SMILES string of the molecule is O=C(NC1CCCC1)c1ccn(COc2cccc(Cl)c2)n1. The van der Waals surface area contributed by atoms with Crippen LogP contribution in [0.15, 0.2) is 36.5 Å². The third kappa shape index (κ3) is 3.80. The second-order valence-corrected chi connectivity index (χ2v) is 5.86. The fourth-order valence-electron chi connectivity index (χ4n) is 2.58. The zero-order valence-electron chi connectivity index (χ0n) is 12.2. The number of rotatable bonds is 5. The van der Waals surface area contributed by atoms with Crippen molar-refractivity contribution in [2.45, 2.75) is 38.5 Å². The molecule has 3 rings (SSSR count). The summed E-state index contributed by atoms with van der Waals surface area (Å²) in [7, 11) is 0. The third-order valence-corrected chi connectivity index (χ3v) is 3.96. The highest BCUT2D eigenvalue weighted by molar-refractivity contribution is 6.30. The van der Waals surface area contributed by atoms with Crippen LogP contribution >= 0.6 is 11.6 Å². The molecule has 0 aliphatic heterocycles. The Morgan fingerprint density at radius 1 is 1.36 bits per heavy atom. The Labute approximate surface area is 134 Å². The first-order chi connectivity index (χ1) is 10.7. The summed E-state index contributed by atoms with van der Waals surface area (Å²) >= 11 is 5.90. The fourth-order valence-corrected chi connectivity index (χ4v) is 2.76. The standard InChI is InChI=1S/C16H18ClN3O2/c17-12-4-3-7-14(10-12)22-11-20-9-8-15(19-20)16(21)18-13-5-1-2-6-13/h3-4,7-10,13H,1-2,5-6,11H2,(H,18,21). The van der Waals surface area contributed by atoms with Crippen molar-refractivity contribution >= 4 is 17.5 Å². The summed E-state index contributed by atoms with van der Waals surface area (Å²) in [5.41, 5.74) is 0.418. The highest BCUT2D eigenvalue weighted by atomic mass is 35.5. The lowest BCUT2D eigenvalue weighted by Crippen LogP contribution is -2.32. The van der Waals surface area contributed by atoms with E-state index in [0.29, 0.717) is 22.5 Å². The second-order valence-electron chi connectivity index (χ2n) is 5.43.